The van der Waals surface area contributed by atoms with Crippen LogP contribution in [0, 0.1) is 18.6 Å². The maximum atomic E-state index is 14.6. The Bertz CT molecular complexity index is 989. The lowest BCUT2D eigenvalue weighted by Gasteiger charge is -2.37. The van der Waals surface area contributed by atoms with Gasteiger partial charge in [0.15, 0.2) is 5.11 Å². The van der Waals surface area contributed by atoms with Gasteiger partial charge in [-0.3, -0.25) is 4.90 Å². The van der Waals surface area contributed by atoms with Gasteiger partial charge in [0, 0.05) is 18.5 Å². The molecular formula is C22H22F2N2O3S. The van der Waals surface area contributed by atoms with Crippen LogP contribution in [0.5, 0.6) is 0 Å². The number of hydrogen-bond donors (Lipinski definition) is 1. The lowest BCUT2D eigenvalue weighted by molar-refractivity contribution is -0.140. The normalized spacial score (nSPS) is 16.5. The summed E-state index contributed by atoms with van der Waals surface area (Å²) in [5.74, 6) is -2.27. The van der Waals surface area contributed by atoms with Gasteiger partial charge in [-0.25, -0.2) is 13.6 Å². The van der Waals surface area contributed by atoms with E-state index in [0.717, 1.165) is 23.4 Å². The minimum atomic E-state index is -1.13. The second-order valence-corrected chi connectivity index (χ2v) is 7.21. The number of ether oxygens (including phenoxy) is 2. The van der Waals surface area contributed by atoms with E-state index in [2.05, 4.69) is 5.32 Å². The van der Waals surface area contributed by atoms with Crippen molar-refractivity contribution in [3.8, 4) is 0 Å². The first-order valence-electron chi connectivity index (χ1n) is 9.33. The molecule has 2 aromatic rings. The van der Waals surface area contributed by atoms with Gasteiger partial charge in [0.1, 0.15) is 18.2 Å². The van der Waals surface area contributed by atoms with E-state index in [0.29, 0.717) is 5.70 Å². The van der Waals surface area contributed by atoms with Crippen molar-refractivity contribution in [2.24, 2.45) is 0 Å². The van der Waals surface area contributed by atoms with Crippen LogP contribution in [0.2, 0.25) is 0 Å². The monoisotopic (exact) mass is 432 g/mol. The molecule has 0 radical (unpaired) electrons. The fourth-order valence-corrected chi connectivity index (χ4v) is 3.74. The molecule has 5 nitrogen and oxygen atoms in total. The van der Waals surface area contributed by atoms with Gasteiger partial charge in [-0.1, -0.05) is 18.2 Å². The van der Waals surface area contributed by atoms with Gasteiger partial charge >= 0.3 is 5.97 Å². The van der Waals surface area contributed by atoms with Crippen molar-refractivity contribution < 1.29 is 23.0 Å². The summed E-state index contributed by atoms with van der Waals surface area (Å²) < 4.78 is 39.4. The lowest BCUT2D eigenvalue weighted by Crippen LogP contribution is -2.48. The number of aryl methyl sites for hydroxylation is 1. The Balaban J connectivity index is 2.14. The van der Waals surface area contributed by atoms with Gasteiger partial charge in [0.2, 0.25) is 0 Å². The number of rotatable bonds is 6. The van der Waals surface area contributed by atoms with E-state index in [1.165, 1.54) is 13.2 Å². The third-order valence-electron chi connectivity index (χ3n) is 4.77. The highest BCUT2D eigenvalue weighted by Crippen LogP contribution is 2.36. The molecular weight excluding hydrogens is 410 g/mol. The van der Waals surface area contributed by atoms with Crippen LogP contribution < -0.4 is 10.2 Å². The molecule has 0 aromatic heterocycles. The van der Waals surface area contributed by atoms with Crippen molar-refractivity contribution in [2.75, 3.05) is 25.2 Å². The minimum absolute atomic E-state index is 0.00742. The maximum absolute atomic E-state index is 14.6. The number of carbonyl (C=O) groups is 1. The van der Waals surface area contributed by atoms with Crippen molar-refractivity contribution in [3.63, 3.8) is 0 Å². The summed E-state index contributed by atoms with van der Waals surface area (Å²) in [6, 6.07) is 9.94. The summed E-state index contributed by atoms with van der Waals surface area (Å²) in [7, 11) is 1.48. The number of methoxy groups -OCH3 is 1. The number of allylic oxidation sites excluding steroid dienone is 1. The fraction of sp³-hybridized carbons (Fsp3) is 0.273. The van der Waals surface area contributed by atoms with E-state index in [9.17, 15) is 13.6 Å². The van der Waals surface area contributed by atoms with Gasteiger partial charge in [-0.05, 0) is 55.9 Å². The first-order chi connectivity index (χ1) is 14.3. The second kappa shape index (κ2) is 9.32. The van der Waals surface area contributed by atoms with Crippen molar-refractivity contribution in [1.29, 1.82) is 0 Å². The Kier molecular flexibility index (Phi) is 6.79. The second-order valence-electron chi connectivity index (χ2n) is 6.82. The Hall–Kier alpha value is -2.84. The predicted octanol–water partition coefficient (Wildman–Crippen LogP) is 4.17. The van der Waals surface area contributed by atoms with Crippen LogP contribution in [0.4, 0.5) is 14.5 Å². The smallest absolute Gasteiger partial charge is 0.338 e. The van der Waals surface area contributed by atoms with Crippen LogP contribution in [0.3, 0.4) is 0 Å². The van der Waals surface area contributed by atoms with Crippen molar-refractivity contribution in [3.05, 3.63) is 76.5 Å². The quantitative estimate of drug-likeness (QED) is 0.420. The zero-order valence-electron chi connectivity index (χ0n) is 16.9. The molecule has 0 bridgehead atoms. The van der Waals surface area contributed by atoms with Crippen LogP contribution in [0.25, 0.3) is 0 Å². The van der Waals surface area contributed by atoms with Crippen molar-refractivity contribution in [1.82, 2.24) is 5.32 Å². The third kappa shape index (κ3) is 4.34. The van der Waals surface area contributed by atoms with E-state index >= 15 is 0 Å². The van der Waals surface area contributed by atoms with Crippen molar-refractivity contribution >= 4 is 29.0 Å². The van der Waals surface area contributed by atoms with Crippen LogP contribution in [-0.4, -0.2) is 31.4 Å². The number of hydrogen-bond acceptors (Lipinski definition) is 4. The molecule has 1 aliphatic heterocycles. The number of thiocarbonyl (C=S) groups is 1. The molecule has 1 heterocycles. The van der Waals surface area contributed by atoms with Gasteiger partial charge in [-0.2, -0.15) is 0 Å². The summed E-state index contributed by atoms with van der Waals surface area (Å²) in [5, 5.41) is 3.14. The molecule has 2 aromatic carbocycles. The number of benzene rings is 2. The van der Waals surface area contributed by atoms with Crippen LogP contribution in [0.1, 0.15) is 24.1 Å². The average molecular weight is 432 g/mol. The summed E-state index contributed by atoms with van der Waals surface area (Å²) in [4.78, 5) is 14.6. The number of halogens is 2. The van der Waals surface area contributed by atoms with Crippen molar-refractivity contribution in [2.45, 2.75) is 19.9 Å². The standard InChI is InChI=1S/C22H22F2N2O3S/c1-13-6-4-7-15(12-13)26-14(2)18(21(27)29-11-10-28-3)20(25-22(26)30)19-16(23)8-5-9-17(19)24/h4-9,12,20H,10-11H2,1-3H3,(H,25,30). The topological polar surface area (TPSA) is 50.8 Å². The maximum Gasteiger partial charge on any atom is 0.338 e. The number of nitrogens with zero attached hydrogens (tertiary/aromatic N) is 1. The van der Waals surface area contributed by atoms with E-state index in [1.54, 1.807) is 11.8 Å². The Morgan fingerprint density at radius 2 is 1.80 bits per heavy atom. The van der Waals surface area contributed by atoms with E-state index in [1.807, 2.05) is 31.2 Å². The highest BCUT2D eigenvalue weighted by molar-refractivity contribution is 7.80. The first kappa shape index (κ1) is 21.9. The number of anilines is 1. The molecule has 1 atom stereocenters. The predicted molar refractivity (Wildman–Crippen MR) is 114 cm³/mol. The van der Waals surface area contributed by atoms with Gasteiger partial charge in [0.25, 0.3) is 0 Å². The molecule has 0 spiro atoms. The summed E-state index contributed by atoms with van der Waals surface area (Å²) >= 11 is 5.50. The number of esters is 1. The van der Waals surface area contributed by atoms with Gasteiger partial charge in [0.05, 0.1) is 23.8 Å². The largest absolute Gasteiger partial charge is 0.460 e. The van der Waals surface area contributed by atoms with E-state index < -0.39 is 23.6 Å². The zero-order valence-corrected chi connectivity index (χ0v) is 17.7. The molecule has 0 saturated heterocycles. The third-order valence-corrected chi connectivity index (χ3v) is 5.07. The fourth-order valence-electron chi connectivity index (χ4n) is 3.38. The number of carbonyl (C=O) groups excluding carboxylic acids is 1. The Morgan fingerprint density at radius 1 is 1.13 bits per heavy atom. The zero-order chi connectivity index (χ0) is 21.8. The Morgan fingerprint density at radius 3 is 2.43 bits per heavy atom. The molecule has 0 saturated carbocycles. The molecule has 1 N–H and O–H groups in total. The lowest BCUT2D eigenvalue weighted by atomic mass is 9.94. The molecule has 0 amide bonds. The molecule has 0 aliphatic carbocycles. The highest BCUT2D eigenvalue weighted by atomic mass is 32.1. The summed E-state index contributed by atoms with van der Waals surface area (Å²) in [5.41, 5.74) is 1.93. The average Bonchev–Trinajstić information content (AvgIpc) is 2.68. The summed E-state index contributed by atoms with van der Waals surface area (Å²) in [6.07, 6.45) is 0. The van der Waals surface area contributed by atoms with E-state index in [-0.39, 0.29) is 29.5 Å². The molecule has 3 rings (SSSR count). The molecule has 1 unspecified atom stereocenters. The molecule has 30 heavy (non-hydrogen) atoms. The van der Waals surface area contributed by atoms with Crippen LogP contribution in [0.15, 0.2) is 53.7 Å². The SMILES string of the molecule is COCCOC(=O)C1=C(C)N(c2cccc(C)c2)C(=S)NC1c1c(F)cccc1F. The Labute approximate surface area is 179 Å². The minimum Gasteiger partial charge on any atom is -0.460 e. The summed E-state index contributed by atoms with van der Waals surface area (Å²) in [6.45, 7) is 3.81. The first-order valence-corrected chi connectivity index (χ1v) is 9.74. The van der Waals surface area contributed by atoms with E-state index in [4.69, 9.17) is 21.7 Å². The number of nitrogens with one attached hydrogen (secondary N) is 1. The molecule has 8 heteroatoms. The molecule has 158 valence electrons. The highest BCUT2D eigenvalue weighted by Gasteiger charge is 2.38. The van der Waals surface area contributed by atoms with Crippen LogP contribution >= 0.6 is 12.2 Å². The molecule has 1 aliphatic rings. The van der Waals surface area contributed by atoms with Gasteiger partial charge in [-0.15, -0.1) is 0 Å². The molecule has 0 fully saturated rings. The van der Waals surface area contributed by atoms with Crippen LogP contribution in [-0.2, 0) is 14.3 Å². The van der Waals surface area contributed by atoms with Gasteiger partial charge < -0.3 is 14.8 Å².